The minimum Gasteiger partial charge on any atom is -0.474 e. The average Bonchev–Trinajstić information content (AvgIpc) is 2.21. The fourth-order valence-electron chi connectivity index (χ4n) is 1.45. The molecule has 0 saturated carbocycles. The van der Waals surface area contributed by atoms with E-state index in [0.717, 1.165) is 25.9 Å². The highest BCUT2D eigenvalue weighted by Gasteiger charge is 2.14. The van der Waals surface area contributed by atoms with E-state index in [1.54, 1.807) is 6.20 Å². The molecule has 1 aromatic rings. The van der Waals surface area contributed by atoms with Gasteiger partial charge in [-0.2, -0.15) is 0 Å². The van der Waals surface area contributed by atoms with Gasteiger partial charge in [0.2, 0.25) is 5.88 Å². The third-order valence-electron chi connectivity index (χ3n) is 2.15. The molecular weight excluding hydrogens is 164 g/mol. The lowest BCUT2D eigenvalue weighted by atomic mass is 10.1. The summed E-state index contributed by atoms with van der Waals surface area (Å²) in [6.07, 6.45) is 4.16. The Labute approximate surface area is 78.1 Å². The van der Waals surface area contributed by atoms with Crippen molar-refractivity contribution in [1.29, 1.82) is 0 Å². The molecule has 1 N–H and O–H groups in total. The standard InChI is InChI=1S/C10H13N2O/c1-2-6-12-10(3-1)13-9-4-7-11-8-5-9/h1-2,6,9,11H,4-5,7-8H2. The summed E-state index contributed by atoms with van der Waals surface area (Å²) < 4.78 is 5.65. The number of nitrogens with one attached hydrogen (secondary N) is 1. The number of nitrogens with zero attached hydrogens (tertiary/aromatic N) is 1. The second kappa shape index (κ2) is 4.23. The van der Waals surface area contributed by atoms with E-state index in [1.807, 2.05) is 12.1 Å². The van der Waals surface area contributed by atoms with Crippen molar-refractivity contribution in [3.8, 4) is 5.88 Å². The van der Waals surface area contributed by atoms with E-state index in [0.29, 0.717) is 12.0 Å². The van der Waals surface area contributed by atoms with Crippen LogP contribution in [0.25, 0.3) is 0 Å². The first-order chi connectivity index (χ1) is 6.45. The van der Waals surface area contributed by atoms with E-state index < -0.39 is 0 Å². The topological polar surface area (TPSA) is 34.1 Å². The van der Waals surface area contributed by atoms with Crippen molar-refractivity contribution >= 4 is 0 Å². The quantitative estimate of drug-likeness (QED) is 0.732. The molecule has 2 heterocycles. The second-order valence-electron chi connectivity index (χ2n) is 3.15. The molecule has 0 atom stereocenters. The fraction of sp³-hybridized carbons (Fsp3) is 0.500. The highest BCUT2D eigenvalue weighted by Crippen LogP contribution is 2.11. The van der Waals surface area contributed by atoms with Crippen LogP contribution in [0.5, 0.6) is 5.88 Å². The molecular formula is C10H13N2O. The second-order valence-corrected chi connectivity index (χ2v) is 3.15. The molecule has 0 unspecified atom stereocenters. The molecule has 0 spiro atoms. The van der Waals surface area contributed by atoms with Crippen LogP contribution in [0.1, 0.15) is 12.8 Å². The van der Waals surface area contributed by atoms with Gasteiger partial charge in [0, 0.05) is 12.3 Å². The van der Waals surface area contributed by atoms with Crippen LogP contribution < -0.4 is 10.1 Å². The van der Waals surface area contributed by atoms with Gasteiger partial charge in [-0.25, -0.2) is 4.98 Å². The van der Waals surface area contributed by atoms with Gasteiger partial charge in [-0.3, -0.25) is 0 Å². The van der Waals surface area contributed by atoms with Gasteiger partial charge in [0.05, 0.1) is 0 Å². The summed E-state index contributed by atoms with van der Waals surface area (Å²) in [5.74, 6) is 0.620. The van der Waals surface area contributed by atoms with Crippen molar-refractivity contribution in [3.05, 3.63) is 24.4 Å². The van der Waals surface area contributed by atoms with Crippen LogP contribution in [0.2, 0.25) is 0 Å². The highest BCUT2D eigenvalue weighted by atomic mass is 16.5. The third-order valence-corrected chi connectivity index (χ3v) is 2.15. The molecule has 3 heteroatoms. The fourth-order valence-corrected chi connectivity index (χ4v) is 1.45. The Morgan fingerprint density at radius 3 is 3.00 bits per heavy atom. The van der Waals surface area contributed by atoms with Gasteiger partial charge < -0.3 is 10.1 Å². The molecule has 13 heavy (non-hydrogen) atoms. The third kappa shape index (κ3) is 2.42. The number of piperidine rings is 1. The number of aromatic nitrogens is 1. The van der Waals surface area contributed by atoms with Crippen molar-refractivity contribution in [2.24, 2.45) is 0 Å². The Kier molecular flexibility index (Phi) is 2.77. The van der Waals surface area contributed by atoms with Gasteiger partial charge >= 0.3 is 0 Å². The van der Waals surface area contributed by atoms with Crippen molar-refractivity contribution < 1.29 is 4.74 Å². The molecule has 1 fully saturated rings. The predicted molar refractivity (Wildman–Crippen MR) is 49.6 cm³/mol. The summed E-state index contributed by atoms with van der Waals surface area (Å²) in [7, 11) is 0. The van der Waals surface area contributed by atoms with E-state index >= 15 is 0 Å². The number of hydrogen-bond acceptors (Lipinski definition) is 3. The molecule has 0 aliphatic carbocycles. The molecule has 1 radical (unpaired) electrons. The lowest BCUT2D eigenvalue weighted by Crippen LogP contribution is -2.34. The van der Waals surface area contributed by atoms with Crippen molar-refractivity contribution in [2.45, 2.75) is 18.9 Å². The number of hydrogen-bond donors (Lipinski definition) is 1. The first-order valence-corrected chi connectivity index (χ1v) is 4.65. The van der Waals surface area contributed by atoms with Crippen LogP contribution >= 0.6 is 0 Å². The van der Waals surface area contributed by atoms with Crippen LogP contribution in [0.4, 0.5) is 0 Å². The first kappa shape index (κ1) is 8.51. The van der Waals surface area contributed by atoms with Gasteiger partial charge in [-0.1, -0.05) is 0 Å². The van der Waals surface area contributed by atoms with E-state index in [2.05, 4.69) is 16.4 Å². The Balaban J connectivity index is 1.90. The summed E-state index contributed by atoms with van der Waals surface area (Å²) >= 11 is 0. The van der Waals surface area contributed by atoms with Crippen LogP contribution in [0.15, 0.2) is 18.3 Å². The Hall–Kier alpha value is -1.09. The molecule has 1 aromatic heterocycles. The monoisotopic (exact) mass is 177 g/mol. The normalized spacial score (nSPS) is 18.5. The molecule has 3 nitrogen and oxygen atoms in total. The molecule has 1 saturated heterocycles. The van der Waals surface area contributed by atoms with Crippen LogP contribution in [-0.2, 0) is 0 Å². The van der Waals surface area contributed by atoms with Gasteiger partial charge in [0.1, 0.15) is 6.10 Å². The minimum atomic E-state index is 0.312. The smallest absolute Gasteiger partial charge is 0.221 e. The lowest BCUT2D eigenvalue weighted by Gasteiger charge is -2.22. The number of pyridine rings is 1. The van der Waals surface area contributed by atoms with Gasteiger partial charge in [-0.05, 0) is 38.1 Å². The van der Waals surface area contributed by atoms with Gasteiger partial charge in [-0.15, -0.1) is 0 Å². The summed E-state index contributed by atoms with van der Waals surface area (Å²) in [5.41, 5.74) is 0. The van der Waals surface area contributed by atoms with Crippen LogP contribution in [0, 0.1) is 6.07 Å². The molecule has 1 aliphatic rings. The minimum absolute atomic E-state index is 0.312. The first-order valence-electron chi connectivity index (χ1n) is 4.65. The Morgan fingerprint density at radius 2 is 2.31 bits per heavy atom. The molecule has 0 aromatic carbocycles. The summed E-state index contributed by atoms with van der Waals surface area (Å²) in [6, 6.07) is 6.63. The zero-order valence-corrected chi connectivity index (χ0v) is 7.49. The number of ether oxygens (including phenoxy) is 1. The molecule has 0 bridgehead atoms. The number of rotatable bonds is 2. The average molecular weight is 177 g/mol. The maximum atomic E-state index is 5.65. The molecule has 1 aliphatic heterocycles. The van der Waals surface area contributed by atoms with E-state index in [-0.39, 0.29) is 0 Å². The zero-order valence-electron chi connectivity index (χ0n) is 7.49. The maximum Gasteiger partial charge on any atom is 0.221 e. The van der Waals surface area contributed by atoms with Gasteiger partial charge in [0.15, 0.2) is 0 Å². The van der Waals surface area contributed by atoms with E-state index in [1.165, 1.54) is 0 Å². The van der Waals surface area contributed by atoms with Crippen molar-refractivity contribution in [2.75, 3.05) is 13.1 Å². The molecule has 0 amide bonds. The largest absolute Gasteiger partial charge is 0.474 e. The lowest BCUT2D eigenvalue weighted by molar-refractivity contribution is 0.155. The van der Waals surface area contributed by atoms with Gasteiger partial charge in [0.25, 0.3) is 0 Å². The molecule has 69 valence electrons. The van der Waals surface area contributed by atoms with Crippen molar-refractivity contribution in [1.82, 2.24) is 10.3 Å². The predicted octanol–water partition coefficient (Wildman–Crippen LogP) is 1.01. The highest BCUT2D eigenvalue weighted by molar-refractivity contribution is 5.07. The summed E-state index contributed by atoms with van der Waals surface area (Å²) in [5, 5.41) is 3.29. The molecule has 2 rings (SSSR count). The van der Waals surface area contributed by atoms with E-state index in [4.69, 9.17) is 4.74 Å². The Morgan fingerprint density at radius 1 is 1.46 bits per heavy atom. The SMILES string of the molecule is [c]1cccnc1OC1CCNCC1. The van der Waals surface area contributed by atoms with Crippen molar-refractivity contribution in [3.63, 3.8) is 0 Å². The zero-order chi connectivity index (χ0) is 8.93. The summed E-state index contributed by atoms with van der Waals surface area (Å²) in [4.78, 5) is 4.07. The van der Waals surface area contributed by atoms with Crippen LogP contribution in [-0.4, -0.2) is 24.2 Å². The summed E-state index contributed by atoms with van der Waals surface area (Å²) in [6.45, 7) is 2.08. The Bertz CT molecular complexity index is 244. The van der Waals surface area contributed by atoms with Crippen LogP contribution in [0.3, 0.4) is 0 Å². The van der Waals surface area contributed by atoms with E-state index in [9.17, 15) is 0 Å². The maximum absolute atomic E-state index is 5.65.